The zero-order valence-corrected chi connectivity index (χ0v) is 7.77. The second-order valence-electron chi connectivity index (χ2n) is 3.34. The average Bonchev–Trinajstić information content (AvgIpc) is 2.16. The van der Waals surface area contributed by atoms with Crippen molar-refractivity contribution >= 4 is 0 Å². The van der Waals surface area contributed by atoms with Crippen molar-refractivity contribution in [1.82, 2.24) is 4.98 Å². The minimum Gasteiger partial charge on any atom is -0.396 e. The van der Waals surface area contributed by atoms with Crippen LogP contribution in [0.2, 0.25) is 0 Å². The largest absolute Gasteiger partial charge is 0.396 e. The molecule has 0 saturated heterocycles. The molecule has 0 aliphatic heterocycles. The van der Waals surface area contributed by atoms with E-state index in [9.17, 15) is 5.11 Å². The molecule has 2 N–H and O–H groups in total. The Morgan fingerprint density at radius 1 is 1.54 bits per heavy atom. The summed E-state index contributed by atoms with van der Waals surface area (Å²) in [6.07, 6.45) is 4.47. The highest BCUT2D eigenvalue weighted by atomic mass is 16.3. The number of aliphatic hydroxyl groups excluding tert-OH is 1. The summed E-state index contributed by atoms with van der Waals surface area (Å²) in [7, 11) is 0. The molecule has 72 valence electrons. The van der Waals surface area contributed by atoms with Gasteiger partial charge in [0.25, 0.3) is 0 Å². The maximum Gasteiger partial charge on any atom is 0.0884 e. The van der Waals surface area contributed by atoms with E-state index in [1.54, 1.807) is 25.4 Å². The van der Waals surface area contributed by atoms with Gasteiger partial charge in [-0.1, -0.05) is 6.07 Å². The highest BCUT2D eigenvalue weighted by Gasteiger charge is 2.21. The molecule has 0 bridgehead atoms. The Morgan fingerprint density at radius 2 is 2.31 bits per heavy atom. The molecule has 0 radical (unpaired) electrons. The van der Waals surface area contributed by atoms with Crippen molar-refractivity contribution in [3.05, 3.63) is 30.1 Å². The van der Waals surface area contributed by atoms with Crippen molar-refractivity contribution in [3.63, 3.8) is 0 Å². The van der Waals surface area contributed by atoms with Gasteiger partial charge in [-0.2, -0.15) is 0 Å². The number of aliphatic hydroxyl groups is 2. The highest BCUT2D eigenvalue weighted by molar-refractivity contribution is 5.16. The van der Waals surface area contributed by atoms with Crippen LogP contribution >= 0.6 is 0 Å². The number of pyridine rings is 1. The maximum atomic E-state index is 9.97. The van der Waals surface area contributed by atoms with Gasteiger partial charge in [0.1, 0.15) is 0 Å². The third-order valence-electron chi connectivity index (χ3n) is 2.11. The molecule has 13 heavy (non-hydrogen) atoms. The van der Waals surface area contributed by atoms with Gasteiger partial charge in [-0.3, -0.25) is 4.98 Å². The van der Waals surface area contributed by atoms with Crippen LogP contribution in [0.5, 0.6) is 0 Å². The summed E-state index contributed by atoms with van der Waals surface area (Å²) in [6.45, 7) is 1.84. The van der Waals surface area contributed by atoms with E-state index in [2.05, 4.69) is 4.98 Å². The van der Waals surface area contributed by atoms with E-state index in [4.69, 9.17) is 5.11 Å². The van der Waals surface area contributed by atoms with Crippen molar-refractivity contribution in [2.45, 2.75) is 25.4 Å². The molecule has 0 aliphatic rings. The lowest BCUT2D eigenvalue weighted by atomic mass is 9.93. The smallest absolute Gasteiger partial charge is 0.0884 e. The highest BCUT2D eigenvalue weighted by Crippen LogP contribution is 2.24. The van der Waals surface area contributed by atoms with E-state index in [0.717, 1.165) is 5.56 Å². The summed E-state index contributed by atoms with van der Waals surface area (Å²) in [5, 5.41) is 18.6. The van der Waals surface area contributed by atoms with Gasteiger partial charge in [0, 0.05) is 24.6 Å². The third-order valence-corrected chi connectivity index (χ3v) is 2.11. The summed E-state index contributed by atoms with van der Waals surface area (Å²) >= 11 is 0. The quantitative estimate of drug-likeness (QED) is 0.730. The van der Waals surface area contributed by atoms with Crippen LogP contribution in [0, 0.1) is 0 Å². The monoisotopic (exact) mass is 181 g/mol. The molecular weight excluding hydrogens is 166 g/mol. The zero-order valence-electron chi connectivity index (χ0n) is 7.77. The minimum atomic E-state index is -0.878. The Labute approximate surface area is 78.1 Å². The second-order valence-corrected chi connectivity index (χ2v) is 3.34. The molecule has 0 spiro atoms. The first kappa shape index (κ1) is 10.2. The van der Waals surface area contributed by atoms with Crippen LogP contribution in [-0.2, 0) is 5.60 Å². The molecule has 1 atom stereocenters. The Balaban J connectivity index is 2.69. The first-order valence-corrected chi connectivity index (χ1v) is 4.40. The Bertz CT molecular complexity index is 246. The number of hydrogen-bond donors (Lipinski definition) is 2. The van der Waals surface area contributed by atoms with Crippen LogP contribution in [0.3, 0.4) is 0 Å². The predicted octanol–water partition coefficient (Wildman–Crippen LogP) is 1.06. The normalized spacial score (nSPS) is 15.3. The van der Waals surface area contributed by atoms with E-state index in [1.165, 1.54) is 0 Å². The van der Waals surface area contributed by atoms with Crippen molar-refractivity contribution in [2.75, 3.05) is 6.61 Å². The Morgan fingerprint density at radius 3 is 2.85 bits per heavy atom. The van der Waals surface area contributed by atoms with Crippen LogP contribution in [0.4, 0.5) is 0 Å². The first-order chi connectivity index (χ1) is 6.17. The summed E-state index contributed by atoms with van der Waals surface area (Å²) < 4.78 is 0. The van der Waals surface area contributed by atoms with Gasteiger partial charge in [0.05, 0.1) is 5.60 Å². The number of nitrogens with zero attached hydrogens (tertiary/aromatic N) is 1. The fourth-order valence-electron chi connectivity index (χ4n) is 1.25. The molecule has 0 fully saturated rings. The molecule has 3 heteroatoms. The minimum absolute atomic E-state index is 0.108. The Hall–Kier alpha value is -0.930. The van der Waals surface area contributed by atoms with Crippen LogP contribution < -0.4 is 0 Å². The molecule has 1 aromatic rings. The number of rotatable bonds is 4. The molecule has 1 aromatic heterocycles. The predicted molar refractivity (Wildman–Crippen MR) is 50.1 cm³/mol. The van der Waals surface area contributed by atoms with Crippen LogP contribution in [0.25, 0.3) is 0 Å². The SMILES string of the molecule is CC(O)(CCCO)c1cccnc1. The molecule has 1 unspecified atom stereocenters. The van der Waals surface area contributed by atoms with Gasteiger partial charge in [-0.15, -0.1) is 0 Å². The zero-order chi connectivity index (χ0) is 9.73. The molecule has 3 nitrogen and oxygen atoms in total. The van der Waals surface area contributed by atoms with Gasteiger partial charge in [-0.05, 0) is 25.8 Å². The van der Waals surface area contributed by atoms with Gasteiger partial charge in [0.2, 0.25) is 0 Å². The molecule has 1 rings (SSSR count). The van der Waals surface area contributed by atoms with E-state index >= 15 is 0 Å². The van der Waals surface area contributed by atoms with E-state index in [-0.39, 0.29) is 6.61 Å². The molecular formula is C10H15NO2. The molecule has 0 saturated carbocycles. The maximum absolute atomic E-state index is 9.97. The number of aromatic nitrogens is 1. The lowest BCUT2D eigenvalue weighted by Crippen LogP contribution is -2.21. The molecule has 0 amide bonds. The second kappa shape index (κ2) is 4.35. The van der Waals surface area contributed by atoms with Crippen molar-refractivity contribution in [3.8, 4) is 0 Å². The summed E-state index contributed by atoms with van der Waals surface area (Å²) in [6, 6.07) is 3.63. The van der Waals surface area contributed by atoms with Crippen LogP contribution in [0.15, 0.2) is 24.5 Å². The van der Waals surface area contributed by atoms with Crippen LogP contribution in [-0.4, -0.2) is 21.8 Å². The van der Waals surface area contributed by atoms with Crippen LogP contribution in [0.1, 0.15) is 25.3 Å². The van der Waals surface area contributed by atoms with Gasteiger partial charge >= 0.3 is 0 Å². The topological polar surface area (TPSA) is 53.4 Å². The fourth-order valence-corrected chi connectivity index (χ4v) is 1.25. The first-order valence-electron chi connectivity index (χ1n) is 4.40. The van der Waals surface area contributed by atoms with E-state index in [1.807, 2.05) is 6.07 Å². The van der Waals surface area contributed by atoms with Gasteiger partial charge < -0.3 is 10.2 Å². The van der Waals surface area contributed by atoms with E-state index < -0.39 is 5.60 Å². The van der Waals surface area contributed by atoms with Crippen molar-refractivity contribution in [1.29, 1.82) is 0 Å². The summed E-state index contributed by atoms with van der Waals surface area (Å²) in [5.41, 5.74) is -0.0831. The van der Waals surface area contributed by atoms with Gasteiger partial charge in [0.15, 0.2) is 0 Å². The third kappa shape index (κ3) is 2.79. The molecule has 0 aromatic carbocycles. The van der Waals surface area contributed by atoms with Crippen molar-refractivity contribution < 1.29 is 10.2 Å². The fraction of sp³-hybridized carbons (Fsp3) is 0.500. The van der Waals surface area contributed by atoms with Crippen molar-refractivity contribution in [2.24, 2.45) is 0 Å². The molecule has 0 aliphatic carbocycles. The Kier molecular flexibility index (Phi) is 3.39. The summed E-state index contributed by atoms with van der Waals surface area (Å²) in [5.74, 6) is 0. The standard InChI is InChI=1S/C10H15NO2/c1-10(13,5-3-7-12)9-4-2-6-11-8-9/h2,4,6,8,12-13H,3,5,7H2,1H3. The molecule has 1 heterocycles. The lowest BCUT2D eigenvalue weighted by molar-refractivity contribution is 0.0400. The number of hydrogen-bond acceptors (Lipinski definition) is 3. The average molecular weight is 181 g/mol. The van der Waals surface area contributed by atoms with E-state index in [0.29, 0.717) is 12.8 Å². The van der Waals surface area contributed by atoms with Gasteiger partial charge in [-0.25, -0.2) is 0 Å². The lowest BCUT2D eigenvalue weighted by Gasteiger charge is -2.22. The summed E-state index contributed by atoms with van der Waals surface area (Å²) in [4.78, 5) is 3.94.